The third-order valence-corrected chi connectivity index (χ3v) is 1.88. The predicted octanol–water partition coefficient (Wildman–Crippen LogP) is 3.72. The summed E-state index contributed by atoms with van der Waals surface area (Å²) in [5, 5.41) is 0. The third kappa shape index (κ3) is 4.60. The second-order valence-corrected chi connectivity index (χ2v) is 3.03. The number of rotatable bonds is 3. The van der Waals surface area contributed by atoms with Crippen LogP contribution in [0.15, 0.2) is 36.0 Å². The summed E-state index contributed by atoms with van der Waals surface area (Å²) in [4.78, 5) is 0. The van der Waals surface area contributed by atoms with Crippen LogP contribution in [0.4, 0.5) is 0 Å². The van der Waals surface area contributed by atoms with Gasteiger partial charge >= 0.3 is 0 Å². The van der Waals surface area contributed by atoms with Gasteiger partial charge in [-0.2, -0.15) is 0 Å². The lowest BCUT2D eigenvalue weighted by molar-refractivity contribution is 0.867. The van der Waals surface area contributed by atoms with Crippen molar-refractivity contribution in [3.05, 3.63) is 36.0 Å². The van der Waals surface area contributed by atoms with Gasteiger partial charge < -0.3 is 0 Å². The van der Waals surface area contributed by atoms with E-state index in [0.29, 0.717) is 5.92 Å². The molecule has 0 nitrogen and oxygen atoms in total. The average molecular weight is 150 g/mol. The minimum Gasteiger partial charge on any atom is -0.0996 e. The molecule has 0 radical (unpaired) electrons. The molecule has 0 saturated heterocycles. The van der Waals surface area contributed by atoms with E-state index in [4.69, 9.17) is 0 Å². The molecule has 0 aliphatic carbocycles. The highest BCUT2D eigenvalue weighted by atomic mass is 14.0. The van der Waals surface area contributed by atoms with Crippen molar-refractivity contribution < 1.29 is 0 Å². The molecule has 0 fully saturated rings. The highest BCUT2D eigenvalue weighted by Crippen LogP contribution is 2.09. The maximum absolute atomic E-state index is 3.89. The van der Waals surface area contributed by atoms with Gasteiger partial charge in [-0.05, 0) is 26.7 Å². The van der Waals surface area contributed by atoms with Crippen LogP contribution in [0.25, 0.3) is 0 Å². The summed E-state index contributed by atoms with van der Waals surface area (Å²) in [6, 6.07) is 0. The van der Waals surface area contributed by atoms with Crippen molar-refractivity contribution in [1.82, 2.24) is 0 Å². The highest BCUT2D eigenvalue weighted by molar-refractivity contribution is 5.18. The van der Waals surface area contributed by atoms with Crippen LogP contribution in [0.2, 0.25) is 0 Å². The molecule has 0 heterocycles. The van der Waals surface area contributed by atoms with Crippen LogP contribution in [0.1, 0.15) is 27.7 Å². The van der Waals surface area contributed by atoms with E-state index in [1.807, 2.05) is 6.92 Å². The normalized spacial score (nSPS) is 15.5. The molecule has 0 aromatic rings. The van der Waals surface area contributed by atoms with Crippen molar-refractivity contribution in [2.75, 3.05) is 0 Å². The standard InChI is InChI=1S/C11H18/c1-6-10(4)7-8-11(5)9(2)3/h6-8,11H,2H2,1,3-5H3/b8-7-,10-6-. The van der Waals surface area contributed by atoms with Gasteiger partial charge in [-0.1, -0.05) is 42.9 Å². The molecule has 0 aromatic carbocycles. The van der Waals surface area contributed by atoms with E-state index in [-0.39, 0.29) is 0 Å². The molecule has 0 heteroatoms. The van der Waals surface area contributed by atoms with Crippen LogP contribution in [0, 0.1) is 5.92 Å². The second-order valence-electron chi connectivity index (χ2n) is 3.03. The van der Waals surface area contributed by atoms with Crippen LogP contribution in [0.3, 0.4) is 0 Å². The van der Waals surface area contributed by atoms with E-state index in [2.05, 4.69) is 45.6 Å². The van der Waals surface area contributed by atoms with Crippen LogP contribution >= 0.6 is 0 Å². The summed E-state index contributed by atoms with van der Waals surface area (Å²) in [5.41, 5.74) is 2.52. The molecular formula is C11H18. The largest absolute Gasteiger partial charge is 0.0996 e. The van der Waals surface area contributed by atoms with Crippen LogP contribution < -0.4 is 0 Å². The molecule has 0 rings (SSSR count). The van der Waals surface area contributed by atoms with E-state index in [1.54, 1.807) is 0 Å². The van der Waals surface area contributed by atoms with E-state index in [1.165, 1.54) is 11.1 Å². The lowest BCUT2D eigenvalue weighted by Gasteiger charge is -2.03. The Morgan fingerprint density at radius 3 is 2.27 bits per heavy atom. The smallest absolute Gasteiger partial charge is 0.00539 e. The van der Waals surface area contributed by atoms with Gasteiger partial charge in [-0.15, -0.1) is 0 Å². The maximum atomic E-state index is 3.89. The monoisotopic (exact) mass is 150 g/mol. The van der Waals surface area contributed by atoms with Gasteiger partial charge in [-0.3, -0.25) is 0 Å². The summed E-state index contributed by atoms with van der Waals surface area (Å²) in [5.74, 6) is 0.491. The van der Waals surface area contributed by atoms with Crippen molar-refractivity contribution in [3.63, 3.8) is 0 Å². The first kappa shape index (κ1) is 10.2. The molecule has 0 spiro atoms. The summed E-state index contributed by atoms with van der Waals surface area (Å²) >= 11 is 0. The van der Waals surface area contributed by atoms with Crippen LogP contribution in [-0.2, 0) is 0 Å². The fourth-order valence-corrected chi connectivity index (χ4v) is 0.557. The minimum atomic E-state index is 0.491. The lowest BCUT2D eigenvalue weighted by Crippen LogP contribution is -1.88. The fourth-order valence-electron chi connectivity index (χ4n) is 0.557. The van der Waals surface area contributed by atoms with Crippen LogP contribution in [0.5, 0.6) is 0 Å². The zero-order valence-corrected chi connectivity index (χ0v) is 8.02. The molecule has 0 bridgehead atoms. The Balaban J connectivity index is 4.03. The lowest BCUT2D eigenvalue weighted by atomic mass is 10.0. The van der Waals surface area contributed by atoms with Crippen LogP contribution in [-0.4, -0.2) is 0 Å². The van der Waals surface area contributed by atoms with E-state index < -0.39 is 0 Å². The molecule has 1 unspecified atom stereocenters. The van der Waals surface area contributed by atoms with Gasteiger partial charge in [0.25, 0.3) is 0 Å². The van der Waals surface area contributed by atoms with E-state index in [9.17, 15) is 0 Å². The molecule has 11 heavy (non-hydrogen) atoms. The van der Waals surface area contributed by atoms with Crippen molar-refractivity contribution >= 4 is 0 Å². The highest BCUT2D eigenvalue weighted by Gasteiger charge is 1.94. The predicted molar refractivity (Wildman–Crippen MR) is 52.5 cm³/mol. The Morgan fingerprint density at radius 2 is 1.91 bits per heavy atom. The topological polar surface area (TPSA) is 0 Å². The van der Waals surface area contributed by atoms with Crippen molar-refractivity contribution in [3.8, 4) is 0 Å². The van der Waals surface area contributed by atoms with E-state index in [0.717, 1.165) is 0 Å². The first-order valence-electron chi connectivity index (χ1n) is 4.04. The number of hydrogen-bond donors (Lipinski definition) is 0. The Labute approximate surface area is 70.3 Å². The van der Waals surface area contributed by atoms with Gasteiger partial charge in [0.15, 0.2) is 0 Å². The Morgan fingerprint density at radius 1 is 1.36 bits per heavy atom. The molecule has 0 saturated carbocycles. The molecule has 1 atom stereocenters. The van der Waals surface area contributed by atoms with Crippen molar-refractivity contribution in [2.45, 2.75) is 27.7 Å². The zero-order valence-electron chi connectivity index (χ0n) is 8.02. The Kier molecular flexibility index (Phi) is 4.60. The average Bonchev–Trinajstić information content (AvgIpc) is 1.99. The first-order valence-corrected chi connectivity index (χ1v) is 4.04. The molecule has 0 aromatic heterocycles. The SMILES string of the molecule is C=C(C)C(C)/C=C\C(C)=C/C. The summed E-state index contributed by atoms with van der Waals surface area (Å²) in [6.07, 6.45) is 6.42. The molecule has 0 amide bonds. The summed E-state index contributed by atoms with van der Waals surface area (Å²) in [6.45, 7) is 12.2. The second kappa shape index (κ2) is 4.95. The molecular weight excluding hydrogens is 132 g/mol. The summed E-state index contributed by atoms with van der Waals surface area (Å²) < 4.78 is 0. The molecule has 0 aliphatic rings. The number of hydrogen-bond acceptors (Lipinski definition) is 0. The Hall–Kier alpha value is -0.780. The third-order valence-electron chi connectivity index (χ3n) is 1.88. The van der Waals surface area contributed by atoms with E-state index >= 15 is 0 Å². The number of allylic oxidation sites excluding steroid dienone is 5. The van der Waals surface area contributed by atoms with Gasteiger partial charge in [0, 0.05) is 0 Å². The maximum Gasteiger partial charge on any atom is -0.00539 e. The summed E-state index contributed by atoms with van der Waals surface area (Å²) in [7, 11) is 0. The first-order chi connectivity index (χ1) is 5.07. The fraction of sp³-hybridized carbons (Fsp3) is 0.455. The molecule has 62 valence electrons. The zero-order chi connectivity index (χ0) is 8.85. The quantitative estimate of drug-likeness (QED) is 0.425. The van der Waals surface area contributed by atoms with Gasteiger partial charge in [0.05, 0.1) is 0 Å². The van der Waals surface area contributed by atoms with Gasteiger partial charge in [-0.25, -0.2) is 0 Å². The molecule has 0 aliphatic heterocycles. The van der Waals surface area contributed by atoms with Gasteiger partial charge in [0.1, 0.15) is 0 Å². The Bertz CT molecular complexity index is 182. The molecule has 0 N–H and O–H groups in total. The van der Waals surface area contributed by atoms with Crippen molar-refractivity contribution in [2.24, 2.45) is 5.92 Å². The minimum absolute atomic E-state index is 0.491. The van der Waals surface area contributed by atoms with Gasteiger partial charge in [0.2, 0.25) is 0 Å². The van der Waals surface area contributed by atoms with Crippen molar-refractivity contribution in [1.29, 1.82) is 0 Å².